The van der Waals surface area contributed by atoms with E-state index in [0.717, 1.165) is 36.3 Å². The Kier molecular flexibility index (Phi) is 2.91. The Morgan fingerprint density at radius 3 is 2.56 bits per heavy atom. The van der Waals surface area contributed by atoms with Gasteiger partial charge in [0, 0.05) is 17.7 Å². The molecule has 1 saturated carbocycles. The number of hydrogen-bond acceptors (Lipinski definition) is 3. The lowest BCUT2D eigenvalue weighted by molar-refractivity contribution is 0.147. The maximum absolute atomic E-state index is 10.2. The second-order valence-corrected chi connectivity index (χ2v) is 4.77. The highest BCUT2D eigenvalue weighted by atomic mass is 16.5. The molecule has 0 spiro atoms. The first-order valence-electron chi connectivity index (χ1n) is 5.60. The molecule has 0 bridgehead atoms. The molecule has 1 aromatic rings. The van der Waals surface area contributed by atoms with Crippen molar-refractivity contribution in [3.05, 3.63) is 29.3 Å². The minimum Gasteiger partial charge on any atom is -0.496 e. The fourth-order valence-electron chi connectivity index (χ4n) is 2.05. The largest absolute Gasteiger partial charge is 0.496 e. The topological polar surface area (TPSA) is 32.7 Å². The van der Waals surface area contributed by atoms with E-state index in [1.807, 2.05) is 32.3 Å². The zero-order valence-electron chi connectivity index (χ0n) is 10.2. The zero-order chi connectivity index (χ0) is 11.8. The van der Waals surface area contributed by atoms with E-state index in [0.29, 0.717) is 0 Å². The van der Waals surface area contributed by atoms with Crippen LogP contribution in [0.4, 0.5) is 0 Å². The van der Waals surface area contributed by atoms with Gasteiger partial charge in [-0.3, -0.25) is 0 Å². The molecule has 0 aromatic heterocycles. The Labute approximate surface area is 96.6 Å². The molecule has 2 rings (SSSR count). The Balaban J connectivity index is 2.38. The number of para-hydroxylation sites is 1. The molecule has 0 unspecified atom stereocenters. The second-order valence-electron chi connectivity index (χ2n) is 4.77. The van der Waals surface area contributed by atoms with Crippen LogP contribution in [0.15, 0.2) is 18.2 Å². The minimum atomic E-state index is -0.631. The summed E-state index contributed by atoms with van der Waals surface area (Å²) in [5, 5.41) is 10.2. The predicted molar refractivity (Wildman–Crippen MR) is 63.5 cm³/mol. The van der Waals surface area contributed by atoms with Crippen LogP contribution < -0.4 is 4.74 Å². The minimum absolute atomic E-state index is 0.631. The van der Waals surface area contributed by atoms with Crippen molar-refractivity contribution >= 4 is 0 Å². The summed E-state index contributed by atoms with van der Waals surface area (Å²) in [5.74, 6) is 0.844. The fraction of sp³-hybridized carbons (Fsp3) is 0.538. The van der Waals surface area contributed by atoms with Crippen LogP contribution in [-0.4, -0.2) is 31.2 Å². The summed E-state index contributed by atoms with van der Waals surface area (Å²) in [6.45, 7) is 0.826. The summed E-state index contributed by atoms with van der Waals surface area (Å²) < 4.78 is 5.46. The summed E-state index contributed by atoms with van der Waals surface area (Å²) in [6.07, 6.45) is 1.68. The van der Waals surface area contributed by atoms with Crippen LogP contribution in [-0.2, 0) is 12.1 Å². The number of hydrogen-bond donors (Lipinski definition) is 1. The normalized spacial score (nSPS) is 17.6. The molecule has 0 atom stereocenters. The van der Waals surface area contributed by atoms with E-state index in [4.69, 9.17) is 4.74 Å². The first kappa shape index (κ1) is 11.4. The van der Waals surface area contributed by atoms with E-state index < -0.39 is 5.60 Å². The van der Waals surface area contributed by atoms with Crippen LogP contribution in [0.5, 0.6) is 5.75 Å². The number of aliphatic hydroxyl groups is 1. The smallest absolute Gasteiger partial charge is 0.129 e. The van der Waals surface area contributed by atoms with Gasteiger partial charge in [0.05, 0.1) is 12.7 Å². The monoisotopic (exact) mass is 221 g/mol. The molecular formula is C13H19NO2. The van der Waals surface area contributed by atoms with Gasteiger partial charge in [-0.1, -0.05) is 18.2 Å². The number of benzene rings is 1. The van der Waals surface area contributed by atoms with E-state index in [1.54, 1.807) is 7.11 Å². The van der Waals surface area contributed by atoms with E-state index in [1.165, 1.54) is 0 Å². The van der Waals surface area contributed by atoms with Gasteiger partial charge in [-0.25, -0.2) is 0 Å². The van der Waals surface area contributed by atoms with Crippen molar-refractivity contribution in [1.29, 1.82) is 0 Å². The molecule has 0 radical (unpaired) electrons. The third-order valence-corrected chi connectivity index (χ3v) is 3.01. The summed E-state index contributed by atoms with van der Waals surface area (Å²) >= 11 is 0. The van der Waals surface area contributed by atoms with Gasteiger partial charge in [0.15, 0.2) is 0 Å². The van der Waals surface area contributed by atoms with Gasteiger partial charge in [-0.15, -0.1) is 0 Å². The Bertz CT molecular complexity index is 384. The van der Waals surface area contributed by atoms with E-state index in [9.17, 15) is 5.11 Å². The Morgan fingerprint density at radius 1 is 1.38 bits per heavy atom. The van der Waals surface area contributed by atoms with Crippen molar-refractivity contribution in [2.75, 3.05) is 21.2 Å². The van der Waals surface area contributed by atoms with Gasteiger partial charge in [0.2, 0.25) is 0 Å². The molecule has 3 nitrogen and oxygen atoms in total. The van der Waals surface area contributed by atoms with Gasteiger partial charge in [-0.2, -0.15) is 0 Å². The van der Waals surface area contributed by atoms with E-state index in [2.05, 4.69) is 4.90 Å². The predicted octanol–water partition coefficient (Wildman–Crippen LogP) is 1.74. The van der Waals surface area contributed by atoms with Gasteiger partial charge in [0.25, 0.3) is 0 Å². The second kappa shape index (κ2) is 4.07. The van der Waals surface area contributed by atoms with Crippen LogP contribution in [0, 0.1) is 0 Å². The molecule has 1 aliphatic carbocycles. The summed E-state index contributed by atoms with van der Waals surface area (Å²) in [4.78, 5) is 2.10. The maximum atomic E-state index is 10.2. The quantitative estimate of drug-likeness (QED) is 0.840. The van der Waals surface area contributed by atoms with Gasteiger partial charge < -0.3 is 14.7 Å². The fourth-order valence-corrected chi connectivity index (χ4v) is 2.05. The van der Waals surface area contributed by atoms with Crippen molar-refractivity contribution in [1.82, 2.24) is 4.90 Å². The number of nitrogens with zero attached hydrogens (tertiary/aromatic N) is 1. The molecule has 1 aromatic carbocycles. The summed E-state index contributed by atoms with van der Waals surface area (Å²) in [5.41, 5.74) is 1.44. The zero-order valence-corrected chi connectivity index (χ0v) is 10.2. The van der Waals surface area contributed by atoms with Gasteiger partial charge in [0.1, 0.15) is 5.75 Å². The highest BCUT2D eigenvalue weighted by Gasteiger charge is 2.44. The van der Waals surface area contributed by atoms with Crippen LogP contribution in [0.25, 0.3) is 0 Å². The van der Waals surface area contributed by atoms with Crippen LogP contribution in [0.2, 0.25) is 0 Å². The third-order valence-electron chi connectivity index (χ3n) is 3.01. The molecule has 0 saturated heterocycles. The lowest BCUT2D eigenvalue weighted by atomic mass is 10.0. The number of ether oxygens (including phenoxy) is 1. The summed E-state index contributed by atoms with van der Waals surface area (Å²) in [6, 6.07) is 6.01. The van der Waals surface area contributed by atoms with Crippen molar-refractivity contribution < 1.29 is 9.84 Å². The van der Waals surface area contributed by atoms with Crippen LogP contribution >= 0.6 is 0 Å². The molecule has 0 heterocycles. The molecule has 16 heavy (non-hydrogen) atoms. The standard InChI is InChI=1S/C13H19NO2/c1-14(2)9-10-5-4-6-11(12(10)16-3)13(15)7-8-13/h4-6,15H,7-9H2,1-3H3. The third kappa shape index (κ3) is 2.06. The average molecular weight is 221 g/mol. The van der Waals surface area contributed by atoms with Crippen molar-refractivity contribution in [3.63, 3.8) is 0 Å². The van der Waals surface area contributed by atoms with Gasteiger partial charge >= 0.3 is 0 Å². The Hall–Kier alpha value is -1.06. The lowest BCUT2D eigenvalue weighted by Gasteiger charge is -2.19. The molecular weight excluding hydrogens is 202 g/mol. The maximum Gasteiger partial charge on any atom is 0.129 e. The molecule has 0 aliphatic heterocycles. The van der Waals surface area contributed by atoms with Crippen molar-refractivity contribution in [3.8, 4) is 5.75 Å². The number of methoxy groups -OCH3 is 1. The molecule has 88 valence electrons. The van der Waals surface area contributed by atoms with Crippen LogP contribution in [0.1, 0.15) is 24.0 Å². The van der Waals surface area contributed by atoms with E-state index in [-0.39, 0.29) is 0 Å². The molecule has 1 N–H and O–H groups in total. The van der Waals surface area contributed by atoms with Gasteiger partial charge in [-0.05, 0) is 26.9 Å². The molecule has 0 amide bonds. The highest BCUT2D eigenvalue weighted by Crippen LogP contribution is 2.49. The molecule has 3 heteroatoms. The average Bonchev–Trinajstić information content (AvgIpc) is 2.96. The first-order chi connectivity index (χ1) is 7.57. The van der Waals surface area contributed by atoms with Crippen LogP contribution in [0.3, 0.4) is 0 Å². The lowest BCUT2D eigenvalue weighted by Crippen LogP contribution is -2.14. The van der Waals surface area contributed by atoms with E-state index >= 15 is 0 Å². The molecule has 1 aliphatic rings. The van der Waals surface area contributed by atoms with Crippen molar-refractivity contribution in [2.45, 2.75) is 25.0 Å². The highest BCUT2D eigenvalue weighted by molar-refractivity contribution is 5.46. The van der Waals surface area contributed by atoms with Crippen molar-refractivity contribution in [2.24, 2.45) is 0 Å². The summed E-state index contributed by atoms with van der Waals surface area (Å²) in [7, 11) is 5.72. The first-order valence-corrected chi connectivity index (χ1v) is 5.60. The Morgan fingerprint density at radius 2 is 2.06 bits per heavy atom. The molecule has 1 fully saturated rings. The SMILES string of the molecule is COc1c(CN(C)C)cccc1C1(O)CC1. The number of rotatable bonds is 4.